The minimum absolute atomic E-state index is 0.00264. The molecule has 0 aliphatic carbocycles. The number of aliphatic carboxylic acids is 2. The van der Waals surface area contributed by atoms with Crippen molar-refractivity contribution in [3.05, 3.63) is 163 Å². The smallest absolute Gasteiger partial charge is 0.320 e. The second-order valence-corrected chi connectivity index (χ2v) is 16.9. The number of nitriles is 2. The molecular weight excluding hydrogens is 940 g/mol. The summed E-state index contributed by atoms with van der Waals surface area (Å²) >= 11 is 13.6. The van der Waals surface area contributed by atoms with Crippen LogP contribution < -0.4 is 29.6 Å². The van der Waals surface area contributed by atoms with Crippen LogP contribution in [0.4, 0.5) is 0 Å². The highest BCUT2D eigenvalue weighted by Gasteiger charge is 2.21. The molecule has 2 heterocycles. The molecule has 0 fully saturated rings. The van der Waals surface area contributed by atoms with E-state index in [0.29, 0.717) is 56.4 Å². The second kappa shape index (κ2) is 25.4. The van der Waals surface area contributed by atoms with Gasteiger partial charge in [0, 0.05) is 85.5 Å². The fraction of sp³-hybridized carbons (Fsp3) is 0.269. The minimum atomic E-state index is -1.11. The van der Waals surface area contributed by atoms with E-state index in [1.165, 1.54) is 12.4 Å². The zero-order valence-corrected chi connectivity index (χ0v) is 39.8. The van der Waals surface area contributed by atoms with Gasteiger partial charge in [0.2, 0.25) is 0 Å². The maximum atomic E-state index is 11.8. The molecule has 2 aromatic heterocycles. The highest BCUT2D eigenvalue weighted by molar-refractivity contribution is 6.32. The number of nitrogens with zero attached hydrogens (tertiary/aromatic N) is 4. The lowest BCUT2D eigenvalue weighted by Gasteiger charge is -2.20. The van der Waals surface area contributed by atoms with Crippen molar-refractivity contribution in [2.24, 2.45) is 0 Å². The molecule has 0 amide bonds. The van der Waals surface area contributed by atoms with Crippen molar-refractivity contribution in [2.45, 2.75) is 78.3 Å². The number of carbonyl (C=O) groups is 2. The Labute approximate surface area is 414 Å². The number of ether oxygens (including phenoxy) is 4. The van der Waals surface area contributed by atoms with Crippen LogP contribution in [0.15, 0.2) is 97.6 Å². The number of aliphatic hydroxyl groups excluding tert-OH is 2. The summed E-state index contributed by atoms with van der Waals surface area (Å²) in [6.45, 7) is 3.86. The van der Waals surface area contributed by atoms with E-state index in [9.17, 15) is 40.5 Å². The van der Waals surface area contributed by atoms with Gasteiger partial charge in [0.25, 0.3) is 0 Å². The first-order chi connectivity index (χ1) is 33.8. The molecule has 362 valence electrons. The Bertz CT molecular complexity index is 2710. The molecule has 0 saturated carbocycles. The molecule has 0 bridgehead atoms. The first kappa shape index (κ1) is 52.1. The van der Waals surface area contributed by atoms with Crippen molar-refractivity contribution in [3.63, 3.8) is 0 Å². The van der Waals surface area contributed by atoms with Crippen molar-refractivity contribution >= 4 is 35.1 Å². The van der Waals surface area contributed by atoms with Crippen LogP contribution in [0.25, 0.3) is 11.1 Å². The predicted molar refractivity (Wildman–Crippen MR) is 259 cm³/mol. The summed E-state index contributed by atoms with van der Waals surface area (Å²) in [5.74, 6) is -0.853. The summed E-state index contributed by atoms with van der Waals surface area (Å²) in [6, 6.07) is 23.8. The van der Waals surface area contributed by atoms with Gasteiger partial charge in [-0.1, -0.05) is 59.6 Å². The largest absolute Gasteiger partial charge is 0.488 e. The summed E-state index contributed by atoms with van der Waals surface area (Å²) in [5.41, 5.74) is 8.71. The van der Waals surface area contributed by atoms with Gasteiger partial charge in [-0.05, 0) is 84.3 Å². The molecular formula is C52H50Cl2N6O10. The average molecular weight is 990 g/mol. The van der Waals surface area contributed by atoms with Gasteiger partial charge in [-0.25, -0.2) is 0 Å². The SMILES string of the molecule is Cc1c(COc2cc(OCc3cncc(C#N)c3)c(CNC(CCO)C(=O)O)cc2Cl)cccc1-c1cccc(COc2cc(OCc3cncc(C#N)c3)c(CNC(CCO)C(=O)O)cc2Cl)c1C. The minimum Gasteiger partial charge on any atom is -0.488 e. The van der Waals surface area contributed by atoms with Crippen LogP contribution in [-0.2, 0) is 49.1 Å². The summed E-state index contributed by atoms with van der Waals surface area (Å²) in [5, 5.41) is 63.2. The number of aromatic nitrogens is 2. The van der Waals surface area contributed by atoms with Gasteiger partial charge >= 0.3 is 11.9 Å². The van der Waals surface area contributed by atoms with Gasteiger partial charge in [-0.15, -0.1) is 0 Å². The first-order valence-corrected chi connectivity index (χ1v) is 22.7. The lowest BCUT2D eigenvalue weighted by Crippen LogP contribution is -2.37. The van der Waals surface area contributed by atoms with E-state index in [1.54, 1.807) is 48.8 Å². The number of carboxylic acid groups (broad SMARTS) is 2. The molecule has 2 unspecified atom stereocenters. The van der Waals surface area contributed by atoms with Gasteiger partial charge in [-0.3, -0.25) is 19.6 Å². The summed E-state index contributed by atoms with van der Waals surface area (Å²) in [4.78, 5) is 31.8. The zero-order valence-electron chi connectivity index (χ0n) is 38.2. The van der Waals surface area contributed by atoms with E-state index < -0.39 is 24.0 Å². The van der Waals surface area contributed by atoms with Crippen molar-refractivity contribution in [1.82, 2.24) is 20.6 Å². The Morgan fingerprint density at radius 1 is 0.586 bits per heavy atom. The van der Waals surface area contributed by atoms with Gasteiger partial charge < -0.3 is 50.0 Å². The number of hydrogen-bond acceptors (Lipinski definition) is 14. The Morgan fingerprint density at radius 2 is 0.986 bits per heavy atom. The summed E-state index contributed by atoms with van der Waals surface area (Å²) < 4.78 is 25.1. The van der Waals surface area contributed by atoms with Crippen LogP contribution in [0.2, 0.25) is 10.0 Å². The van der Waals surface area contributed by atoms with Crippen LogP contribution in [0.1, 0.15) is 68.5 Å². The molecule has 16 nitrogen and oxygen atoms in total. The van der Waals surface area contributed by atoms with Crippen molar-refractivity contribution in [3.8, 4) is 46.3 Å². The van der Waals surface area contributed by atoms with E-state index in [-0.39, 0.29) is 75.6 Å². The lowest BCUT2D eigenvalue weighted by atomic mass is 9.92. The molecule has 0 spiro atoms. The van der Waals surface area contributed by atoms with Gasteiger partial charge in [0.05, 0.1) is 21.2 Å². The number of nitrogens with one attached hydrogen (secondary N) is 2. The van der Waals surface area contributed by atoms with Gasteiger partial charge in [0.1, 0.15) is 73.6 Å². The lowest BCUT2D eigenvalue weighted by molar-refractivity contribution is -0.140. The monoisotopic (exact) mass is 988 g/mol. The van der Waals surface area contributed by atoms with E-state index in [0.717, 1.165) is 33.4 Å². The number of rotatable bonds is 25. The number of halogens is 2. The number of hydrogen-bond donors (Lipinski definition) is 6. The number of aliphatic hydroxyl groups is 2. The Balaban J connectivity index is 1.21. The van der Waals surface area contributed by atoms with Crippen LogP contribution in [0.5, 0.6) is 23.0 Å². The Kier molecular flexibility index (Phi) is 18.9. The average Bonchev–Trinajstić information content (AvgIpc) is 3.35. The third kappa shape index (κ3) is 13.9. The fourth-order valence-corrected chi connectivity index (χ4v) is 7.90. The third-order valence-electron chi connectivity index (χ3n) is 11.3. The molecule has 6 rings (SSSR count). The number of carboxylic acids is 2. The molecule has 0 aliphatic rings. The molecule has 4 aromatic carbocycles. The van der Waals surface area contributed by atoms with E-state index >= 15 is 0 Å². The molecule has 6 N–H and O–H groups in total. The van der Waals surface area contributed by atoms with Gasteiger partial charge in [-0.2, -0.15) is 10.5 Å². The van der Waals surface area contributed by atoms with Crippen LogP contribution in [-0.4, -0.2) is 67.6 Å². The van der Waals surface area contributed by atoms with E-state index in [1.807, 2.05) is 50.2 Å². The normalized spacial score (nSPS) is 11.8. The quantitative estimate of drug-likeness (QED) is 0.0318. The standard InChI is InChI=1S/C52H50Cl2N6O10/c1-31-37(29-69-49-17-47(67-27-35-13-33(19-55)21-57-23-35)39(15-43(49)53)25-59-45(9-11-61)51(63)64)5-3-7-41(31)42-8-4-6-38(32(42)2)30-70-50-18-48(68-28-36-14-34(20-56)22-58-24-36)40(16-44(50)54)26-60-46(10-12-62)52(65)66/h3-8,13-18,21-24,45-46,59-62H,9-12,25-30H2,1-2H3,(H,63,64)(H,65,66). The molecule has 6 aromatic rings. The highest BCUT2D eigenvalue weighted by atomic mass is 35.5. The van der Waals surface area contributed by atoms with E-state index in [2.05, 4.69) is 32.7 Å². The summed E-state index contributed by atoms with van der Waals surface area (Å²) in [6.07, 6.45) is 6.05. The Morgan fingerprint density at radius 3 is 1.36 bits per heavy atom. The molecule has 0 aliphatic heterocycles. The molecule has 70 heavy (non-hydrogen) atoms. The number of pyridine rings is 2. The van der Waals surface area contributed by atoms with Crippen LogP contribution in [0, 0.1) is 36.5 Å². The maximum absolute atomic E-state index is 11.8. The third-order valence-corrected chi connectivity index (χ3v) is 11.9. The Hall–Kier alpha value is -7.28. The first-order valence-electron chi connectivity index (χ1n) is 22.0. The fourth-order valence-electron chi connectivity index (χ4n) is 7.42. The van der Waals surface area contributed by atoms with Crippen molar-refractivity contribution < 1.29 is 49.0 Å². The second-order valence-electron chi connectivity index (χ2n) is 16.1. The maximum Gasteiger partial charge on any atom is 0.320 e. The van der Waals surface area contributed by atoms with Crippen molar-refractivity contribution in [2.75, 3.05) is 13.2 Å². The molecule has 0 saturated heterocycles. The predicted octanol–water partition coefficient (Wildman–Crippen LogP) is 7.98. The zero-order chi connectivity index (χ0) is 50.2. The van der Waals surface area contributed by atoms with Crippen molar-refractivity contribution in [1.29, 1.82) is 10.5 Å². The van der Waals surface area contributed by atoms with Gasteiger partial charge in [0.15, 0.2) is 0 Å². The summed E-state index contributed by atoms with van der Waals surface area (Å²) in [7, 11) is 0. The molecule has 2 atom stereocenters. The molecule has 18 heteroatoms. The van der Waals surface area contributed by atoms with Crippen LogP contribution >= 0.6 is 23.2 Å². The highest BCUT2D eigenvalue weighted by Crippen LogP contribution is 2.37. The topological polar surface area (TPSA) is 249 Å². The number of benzene rings is 4. The van der Waals surface area contributed by atoms with Crippen LogP contribution in [0.3, 0.4) is 0 Å². The molecule has 0 radical (unpaired) electrons. The van der Waals surface area contributed by atoms with E-state index in [4.69, 9.17) is 42.1 Å².